The van der Waals surface area contributed by atoms with Crippen molar-refractivity contribution < 1.29 is 56.1 Å². The Balaban J connectivity index is 0.000000151. The van der Waals surface area contributed by atoms with E-state index in [2.05, 4.69) is 64.6 Å². The van der Waals surface area contributed by atoms with Crippen molar-refractivity contribution in [1.29, 1.82) is 0 Å². The molecule has 1 N–H and O–H groups in total. The highest BCUT2D eigenvalue weighted by Crippen LogP contribution is 2.38. The molecule has 1 atom stereocenters. The molecule has 75 heavy (non-hydrogen) atoms. The zero-order valence-corrected chi connectivity index (χ0v) is 41.4. The number of fused-ring (bicyclic) bond motifs is 3. The Hall–Kier alpha value is -9.56. The number of Topliss-reactive ketones (excluding diaryl/α,β-unsaturated/α-hetero) is 1. The molecule has 20 heteroatoms. The van der Waals surface area contributed by atoms with E-state index >= 15 is 0 Å². The lowest BCUT2D eigenvalue weighted by atomic mass is 9.97. The molecule has 9 aromatic rings. The van der Waals surface area contributed by atoms with Gasteiger partial charge in [0.25, 0.3) is 0 Å². The summed E-state index contributed by atoms with van der Waals surface area (Å²) in [6, 6.07) is 42.2. The fourth-order valence-corrected chi connectivity index (χ4v) is 8.02. The average Bonchev–Trinajstić information content (AvgIpc) is 4.15. The Bertz CT molecular complexity index is 3540. The van der Waals surface area contributed by atoms with E-state index in [1.165, 1.54) is 31.9 Å². The summed E-state index contributed by atoms with van der Waals surface area (Å²) in [5, 5.41) is 12.6. The molecule has 380 valence electrons. The zero-order chi connectivity index (χ0) is 52.8. The van der Waals surface area contributed by atoms with Gasteiger partial charge in [-0.15, -0.1) is 0 Å². The molecule has 4 aromatic carbocycles. The standard InChI is InChI=1S/C22H17N3O3.C17H13NO6.C16H13BrO6/c26-17-11-12-24-21(22(17)27)19-18(28-14-23-19)13-25(24)20(15-7-3-1-4-8-15)16-9-5-2-6-10-16;1-21-17(20)16-13(18-10-24-16)15-14(12(19)7-8-22-15)23-9-11-5-3-2-4-6-11;1-21-16(20)12(17)13(19)15-14(11(18)7-8-22-15)23-9-10-5-3-2-4-6-10/h1-12,14,20,27H,13H2;2-8,10H,9H2,1H3;2-8,12H,9H2,1H3. The van der Waals surface area contributed by atoms with Gasteiger partial charge in [-0.1, -0.05) is 137 Å². The molecule has 1 unspecified atom stereocenters. The molecule has 0 spiro atoms. The molecule has 1 aliphatic heterocycles. The Morgan fingerprint density at radius 1 is 0.627 bits per heavy atom. The highest BCUT2D eigenvalue weighted by molar-refractivity contribution is 9.10. The number of esters is 2. The van der Waals surface area contributed by atoms with Gasteiger partial charge in [-0.3, -0.25) is 33.7 Å². The molecular formula is C55H43BrN4O15. The summed E-state index contributed by atoms with van der Waals surface area (Å²) in [6.45, 7) is 0.689. The summed E-state index contributed by atoms with van der Waals surface area (Å²) >= 11 is 2.92. The maximum absolute atomic E-state index is 12.3. The van der Waals surface area contributed by atoms with E-state index in [-0.39, 0.29) is 59.5 Å². The summed E-state index contributed by atoms with van der Waals surface area (Å²) in [6.07, 6.45) is 6.35. The van der Waals surface area contributed by atoms with Crippen LogP contribution in [0.4, 0.5) is 0 Å². The van der Waals surface area contributed by atoms with E-state index in [1.807, 2.05) is 97.1 Å². The number of hydrogen-bond acceptors (Lipinski definition) is 18. The Morgan fingerprint density at radius 3 is 1.75 bits per heavy atom. The van der Waals surface area contributed by atoms with Crippen LogP contribution >= 0.6 is 15.9 Å². The second-order valence-corrected chi connectivity index (χ2v) is 16.8. The number of alkyl halides is 1. The number of benzene rings is 4. The van der Waals surface area contributed by atoms with Crippen LogP contribution in [0.1, 0.15) is 55.2 Å². The Morgan fingerprint density at radius 2 is 1.16 bits per heavy atom. The molecule has 0 radical (unpaired) electrons. The van der Waals surface area contributed by atoms with Crippen molar-refractivity contribution in [1.82, 2.24) is 14.6 Å². The molecule has 0 fully saturated rings. The summed E-state index contributed by atoms with van der Waals surface area (Å²) in [5.41, 5.74) is 3.39. The number of ketones is 1. The van der Waals surface area contributed by atoms with Gasteiger partial charge >= 0.3 is 11.9 Å². The van der Waals surface area contributed by atoms with Crippen LogP contribution in [0, 0.1) is 0 Å². The Labute approximate surface area is 433 Å². The highest BCUT2D eigenvalue weighted by Gasteiger charge is 2.34. The first-order chi connectivity index (χ1) is 36.5. The second kappa shape index (κ2) is 24.2. The quantitative estimate of drug-likeness (QED) is 0.0464. The normalized spacial score (nSPS) is 11.6. The van der Waals surface area contributed by atoms with Crippen LogP contribution in [-0.4, -0.2) is 56.5 Å². The average molecular weight is 1080 g/mol. The van der Waals surface area contributed by atoms with Gasteiger partial charge < -0.3 is 41.7 Å². The van der Waals surface area contributed by atoms with Gasteiger partial charge in [0.1, 0.15) is 24.6 Å². The predicted octanol–water partition coefficient (Wildman–Crippen LogP) is 8.45. The van der Waals surface area contributed by atoms with Gasteiger partial charge in [0.05, 0.1) is 39.3 Å². The molecule has 1 aliphatic rings. The van der Waals surface area contributed by atoms with Gasteiger partial charge in [-0.25, -0.2) is 14.8 Å². The lowest BCUT2D eigenvalue weighted by Gasteiger charge is -2.39. The third-order valence-corrected chi connectivity index (χ3v) is 12.0. The SMILES string of the molecule is COC(=O)C(Br)C(=O)c1occc(=O)c1OCc1ccccc1.COC(=O)c1ocnc1-c1occc(=O)c1OCc1ccccc1.O=c1ccn2c(c1O)-c1ncoc1CN2C(c1ccccc1)c1ccccc1. The van der Waals surface area contributed by atoms with Gasteiger partial charge in [0.2, 0.25) is 50.8 Å². The number of methoxy groups -OCH3 is 2. The number of rotatable bonds is 14. The predicted molar refractivity (Wildman–Crippen MR) is 272 cm³/mol. The topological polar surface area (TPSA) is 246 Å². The number of halogens is 1. The van der Waals surface area contributed by atoms with E-state index in [0.29, 0.717) is 23.7 Å². The molecule has 19 nitrogen and oxygen atoms in total. The van der Waals surface area contributed by atoms with Crippen molar-refractivity contribution in [3.8, 4) is 40.1 Å². The Kier molecular flexibility index (Phi) is 16.7. The van der Waals surface area contributed by atoms with Crippen LogP contribution < -0.4 is 30.8 Å². The van der Waals surface area contributed by atoms with Crippen LogP contribution in [-0.2, 0) is 34.0 Å². The van der Waals surface area contributed by atoms with Crippen molar-refractivity contribution in [3.63, 3.8) is 0 Å². The number of pyridine rings is 1. The third kappa shape index (κ3) is 11.9. The van der Waals surface area contributed by atoms with Crippen LogP contribution in [0.3, 0.4) is 0 Å². The van der Waals surface area contributed by atoms with E-state index in [9.17, 15) is 33.9 Å². The smallest absolute Gasteiger partial charge is 0.376 e. The molecule has 0 amide bonds. The maximum Gasteiger partial charge on any atom is 0.376 e. The molecule has 5 aromatic heterocycles. The minimum atomic E-state index is -1.28. The van der Waals surface area contributed by atoms with E-state index in [4.69, 9.17) is 27.1 Å². The number of hydrogen-bond donors (Lipinski definition) is 1. The molecular weight excluding hydrogens is 1040 g/mol. The zero-order valence-electron chi connectivity index (χ0n) is 39.8. The van der Waals surface area contributed by atoms with Gasteiger partial charge in [0, 0.05) is 24.4 Å². The second-order valence-electron chi connectivity index (χ2n) is 15.9. The lowest BCUT2D eigenvalue weighted by Crippen LogP contribution is -2.42. The first-order valence-corrected chi connectivity index (χ1v) is 23.5. The first kappa shape index (κ1) is 51.8. The summed E-state index contributed by atoms with van der Waals surface area (Å²) < 4.78 is 43.0. The van der Waals surface area contributed by atoms with E-state index < -0.39 is 38.8 Å². The number of carbonyl (C=O) groups is 3. The number of oxazole rings is 2. The summed E-state index contributed by atoms with van der Waals surface area (Å²) in [5.74, 6) is -2.80. The summed E-state index contributed by atoms with van der Waals surface area (Å²) in [4.78, 5) is 78.5. The first-order valence-electron chi connectivity index (χ1n) is 22.6. The third-order valence-electron chi connectivity index (χ3n) is 11.2. The minimum Gasteiger partial charge on any atom is -0.503 e. The molecule has 0 saturated heterocycles. The van der Waals surface area contributed by atoms with Crippen molar-refractivity contribution in [3.05, 3.63) is 241 Å². The number of carbonyl (C=O) groups excluding carboxylic acids is 3. The number of aromatic nitrogens is 3. The van der Waals surface area contributed by atoms with E-state index in [0.717, 1.165) is 48.1 Å². The number of aromatic hydroxyl groups is 1. The summed E-state index contributed by atoms with van der Waals surface area (Å²) in [7, 11) is 2.36. The van der Waals surface area contributed by atoms with Crippen LogP contribution in [0.2, 0.25) is 0 Å². The van der Waals surface area contributed by atoms with Crippen molar-refractivity contribution in [2.45, 2.75) is 30.6 Å². The van der Waals surface area contributed by atoms with Gasteiger partial charge in [-0.2, -0.15) is 0 Å². The van der Waals surface area contributed by atoms with Gasteiger partial charge in [-0.05, 0) is 22.3 Å². The molecule has 0 bridgehead atoms. The van der Waals surface area contributed by atoms with Crippen molar-refractivity contribution in [2.75, 3.05) is 19.2 Å². The fourth-order valence-electron chi connectivity index (χ4n) is 7.62. The minimum absolute atomic E-state index is 0.00702. The number of ether oxygens (including phenoxy) is 4. The van der Waals surface area contributed by atoms with Crippen LogP contribution in [0.15, 0.2) is 203 Å². The maximum atomic E-state index is 12.3. The molecule has 10 rings (SSSR count). The van der Waals surface area contributed by atoms with Crippen molar-refractivity contribution in [2.24, 2.45) is 0 Å². The van der Waals surface area contributed by atoms with Crippen LogP contribution in [0.5, 0.6) is 17.2 Å². The monoisotopic (exact) mass is 1080 g/mol. The highest BCUT2D eigenvalue weighted by atomic mass is 79.9. The number of nitrogens with zero attached hydrogens (tertiary/aromatic N) is 4. The van der Waals surface area contributed by atoms with Crippen LogP contribution in [0.25, 0.3) is 22.8 Å². The molecule has 0 saturated carbocycles. The largest absolute Gasteiger partial charge is 0.503 e. The fraction of sp³-hybridized carbons (Fsp3) is 0.127. The molecule has 6 heterocycles. The van der Waals surface area contributed by atoms with E-state index in [1.54, 1.807) is 10.9 Å². The lowest BCUT2D eigenvalue weighted by molar-refractivity contribution is -0.138. The van der Waals surface area contributed by atoms with Gasteiger partial charge in [0.15, 0.2) is 34.8 Å². The van der Waals surface area contributed by atoms with Crippen molar-refractivity contribution >= 4 is 33.7 Å². The molecule has 0 aliphatic carbocycles.